The lowest BCUT2D eigenvalue weighted by Gasteiger charge is -2.04. The van der Waals surface area contributed by atoms with Crippen molar-refractivity contribution in [1.29, 1.82) is 0 Å². The summed E-state index contributed by atoms with van der Waals surface area (Å²) in [5, 5.41) is 9.42. The van der Waals surface area contributed by atoms with Crippen molar-refractivity contribution in [2.75, 3.05) is 0 Å². The summed E-state index contributed by atoms with van der Waals surface area (Å²) in [4.78, 5) is 14.9. The molecule has 4 heteroatoms. The summed E-state index contributed by atoms with van der Waals surface area (Å²) in [5.74, 6) is -0.242. The normalized spacial score (nSPS) is 12.5. The summed E-state index contributed by atoms with van der Waals surface area (Å²) in [6.45, 7) is 1.44. The molecule has 0 spiro atoms. The summed E-state index contributed by atoms with van der Waals surface area (Å²) in [6, 6.07) is 1.67. The number of pyridine rings is 1. The number of aromatic nitrogens is 1. The first-order valence-corrected chi connectivity index (χ1v) is 4.28. The van der Waals surface area contributed by atoms with Crippen molar-refractivity contribution in [2.24, 2.45) is 0 Å². The molecule has 1 aromatic rings. The number of aliphatic hydroxyl groups excluding tert-OH is 1. The minimum atomic E-state index is -0.941. The van der Waals surface area contributed by atoms with Crippen LogP contribution in [0.5, 0.6) is 0 Å². The Balaban J connectivity index is 2.75. The molecule has 70 valence electrons. The fourth-order valence-corrected chi connectivity index (χ4v) is 1.07. The molecule has 0 bridgehead atoms. The van der Waals surface area contributed by atoms with Crippen LogP contribution in [0, 0.1) is 0 Å². The van der Waals surface area contributed by atoms with E-state index in [1.165, 1.54) is 13.1 Å². The van der Waals surface area contributed by atoms with Crippen LogP contribution < -0.4 is 0 Å². The van der Waals surface area contributed by atoms with Gasteiger partial charge in [-0.05, 0) is 18.6 Å². The van der Waals surface area contributed by atoms with E-state index in [2.05, 4.69) is 4.98 Å². The molecule has 1 aromatic heterocycles. The van der Waals surface area contributed by atoms with Gasteiger partial charge in [0.1, 0.15) is 6.10 Å². The third-order valence-corrected chi connectivity index (χ3v) is 2.03. The molecule has 1 N–H and O–H groups in total. The minimum Gasteiger partial charge on any atom is -0.386 e. The maximum atomic E-state index is 11.1. The smallest absolute Gasteiger partial charge is 0.165 e. The van der Waals surface area contributed by atoms with Crippen molar-refractivity contribution in [3.63, 3.8) is 0 Å². The Morgan fingerprint density at radius 1 is 1.77 bits per heavy atom. The SMILES string of the molecule is CC(O)C(=O)Cc1ccncc1Cl. The first-order chi connectivity index (χ1) is 6.11. The molecule has 0 aromatic carbocycles. The molecule has 0 amide bonds. The minimum absolute atomic E-state index is 0.152. The molecular weight excluding hydrogens is 190 g/mol. The first kappa shape index (κ1) is 10.2. The van der Waals surface area contributed by atoms with Crippen molar-refractivity contribution in [2.45, 2.75) is 19.4 Å². The number of ketones is 1. The molecule has 3 nitrogen and oxygen atoms in total. The Morgan fingerprint density at radius 2 is 2.46 bits per heavy atom. The van der Waals surface area contributed by atoms with E-state index in [1.807, 2.05) is 0 Å². The summed E-state index contributed by atoms with van der Waals surface area (Å²) >= 11 is 5.78. The third kappa shape index (κ3) is 2.79. The van der Waals surface area contributed by atoms with Crippen molar-refractivity contribution in [1.82, 2.24) is 4.98 Å². The van der Waals surface area contributed by atoms with Crippen LogP contribution in [-0.4, -0.2) is 22.0 Å². The van der Waals surface area contributed by atoms with Gasteiger partial charge in [0.05, 0.1) is 5.02 Å². The molecule has 0 aliphatic rings. The molecule has 1 heterocycles. The van der Waals surface area contributed by atoms with Gasteiger partial charge in [-0.1, -0.05) is 11.6 Å². The van der Waals surface area contributed by atoms with Gasteiger partial charge in [-0.3, -0.25) is 9.78 Å². The molecule has 0 saturated heterocycles. The second-order valence-corrected chi connectivity index (χ2v) is 3.19. The highest BCUT2D eigenvalue weighted by molar-refractivity contribution is 6.31. The second kappa shape index (κ2) is 4.35. The molecular formula is C9H10ClNO2. The number of Topliss-reactive ketones (excluding diaryl/α,β-unsaturated/α-hetero) is 1. The van der Waals surface area contributed by atoms with Crippen LogP contribution in [0.4, 0.5) is 0 Å². The maximum absolute atomic E-state index is 11.1. The van der Waals surface area contributed by atoms with Crippen molar-refractivity contribution >= 4 is 17.4 Å². The standard InChI is InChI=1S/C9H10ClNO2/c1-6(12)9(13)4-7-2-3-11-5-8(7)10/h2-3,5-6,12H,4H2,1H3. The van der Waals surface area contributed by atoms with Gasteiger partial charge < -0.3 is 5.11 Å². The van der Waals surface area contributed by atoms with Crippen molar-refractivity contribution < 1.29 is 9.90 Å². The second-order valence-electron chi connectivity index (χ2n) is 2.79. The summed E-state index contributed by atoms with van der Waals surface area (Å²) in [5.41, 5.74) is 0.697. The van der Waals surface area contributed by atoms with E-state index in [1.54, 1.807) is 12.3 Å². The largest absolute Gasteiger partial charge is 0.386 e. The van der Waals surface area contributed by atoms with E-state index < -0.39 is 6.10 Å². The quantitative estimate of drug-likeness (QED) is 0.797. The molecule has 0 radical (unpaired) electrons. The van der Waals surface area contributed by atoms with Crippen LogP contribution >= 0.6 is 11.6 Å². The average Bonchev–Trinajstić information content (AvgIpc) is 2.08. The van der Waals surface area contributed by atoms with Crippen LogP contribution in [-0.2, 0) is 11.2 Å². The fraction of sp³-hybridized carbons (Fsp3) is 0.333. The van der Waals surface area contributed by atoms with E-state index >= 15 is 0 Å². The summed E-state index contributed by atoms with van der Waals surface area (Å²) in [7, 11) is 0. The van der Waals surface area contributed by atoms with Gasteiger partial charge in [0.2, 0.25) is 0 Å². The van der Waals surface area contributed by atoms with E-state index in [4.69, 9.17) is 16.7 Å². The number of halogens is 1. The van der Waals surface area contributed by atoms with Gasteiger partial charge in [0, 0.05) is 18.8 Å². The monoisotopic (exact) mass is 199 g/mol. The Morgan fingerprint density at radius 3 is 3.00 bits per heavy atom. The lowest BCUT2D eigenvalue weighted by molar-refractivity contribution is -0.125. The van der Waals surface area contributed by atoms with Crippen molar-refractivity contribution in [3.05, 3.63) is 29.0 Å². The summed E-state index contributed by atoms with van der Waals surface area (Å²) in [6.07, 6.45) is 2.26. The molecule has 0 saturated carbocycles. The Bertz CT molecular complexity index is 312. The van der Waals surface area contributed by atoms with Gasteiger partial charge in [-0.15, -0.1) is 0 Å². The third-order valence-electron chi connectivity index (χ3n) is 1.69. The van der Waals surface area contributed by atoms with Gasteiger partial charge in [-0.2, -0.15) is 0 Å². The molecule has 13 heavy (non-hydrogen) atoms. The van der Waals surface area contributed by atoms with E-state index in [0.29, 0.717) is 10.6 Å². The highest BCUT2D eigenvalue weighted by Gasteiger charge is 2.11. The molecule has 1 atom stereocenters. The number of nitrogens with zero attached hydrogens (tertiary/aromatic N) is 1. The Kier molecular flexibility index (Phi) is 3.39. The number of rotatable bonds is 3. The fourth-order valence-electron chi connectivity index (χ4n) is 0.883. The zero-order valence-electron chi connectivity index (χ0n) is 7.20. The van der Waals surface area contributed by atoms with E-state index in [-0.39, 0.29) is 12.2 Å². The lowest BCUT2D eigenvalue weighted by atomic mass is 10.1. The molecule has 0 fully saturated rings. The van der Waals surface area contributed by atoms with Crippen LogP contribution in [0.1, 0.15) is 12.5 Å². The van der Waals surface area contributed by atoms with Gasteiger partial charge in [0.15, 0.2) is 5.78 Å². The molecule has 0 aliphatic carbocycles. The first-order valence-electron chi connectivity index (χ1n) is 3.90. The Labute approximate surface area is 81.4 Å². The Hall–Kier alpha value is -0.930. The highest BCUT2D eigenvalue weighted by atomic mass is 35.5. The average molecular weight is 200 g/mol. The van der Waals surface area contributed by atoms with Crippen LogP contribution in [0.3, 0.4) is 0 Å². The topological polar surface area (TPSA) is 50.2 Å². The van der Waals surface area contributed by atoms with Crippen LogP contribution in [0.15, 0.2) is 18.5 Å². The van der Waals surface area contributed by atoms with Crippen LogP contribution in [0.2, 0.25) is 5.02 Å². The molecule has 1 rings (SSSR count). The van der Waals surface area contributed by atoms with E-state index in [9.17, 15) is 4.79 Å². The number of aliphatic hydroxyl groups is 1. The number of carbonyl (C=O) groups excluding carboxylic acids is 1. The van der Waals surface area contributed by atoms with Gasteiger partial charge >= 0.3 is 0 Å². The highest BCUT2D eigenvalue weighted by Crippen LogP contribution is 2.14. The maximum Gasteiger partial charge on any atom is 0.165 e. The summed E-state index contributed by atoms with van der Waals surface area (Å²) < 4.78 is 0. The lowest BCUT2D eigenvalue weighted by Crippen LogP contribution is -2.18. The zero-order valence-corrected chi connectivity index (χ0v) is 7.95. The van der Waals surface area contributed by atoms with Crippen LogP contribution in [0.25, 0.3) is 0 Å². The molecule has 1 unspecified atom stereocenters. The number of hydrogen-bond acceptors (Lipinski definition) is 3. The number of hydrogen-bond donors (Lipinski definition) is 1. The number of carbonyl (C=O) groups is 1. The van der Waals surface area contributed by atoms with Gasteiger partial charge in [0.25, 0.3) is 0 Å². The van der Waals surface area contributed by atoms with Crippen molar-refractivity contribution in [3.8, 4) is 0 Å². The van der Waals surface area contributed by atoms with E-state index in [0.717, 1.165) is 0 Å². The predicted octanol–water partition coefficient (Wildman–Crippen LogP) is 1.23. The predicted molar refractivity (Wildman–Crippen MR) is 49.6 cm³/mol. The zero-order chi connectivity index (χ0) is 9.84. The molecule has 0 aliphatic heterocycles. The van der Waals surface area contributed by atoms with Gasteiger partial charge in [-0.25, -0.2) is 0 Å².